The Morgan fingerprint density at radius 2 is 2.06 bits per heavy atom. The number of H-pyrrole nitrogens is 1. The predicted octanol–water partition coefficient (Wildman–Crippen LogP) is 1.30. The second kappa shape index (κ2) is 3.70. The minimum absolute atomic E-state index is 0.00259. The van der Waals surface area contributed by atoms with Gasteiger partial charge in [-0.1, -0.05) is 20.8 Å². The van der Waals surface area contributed by atoms with Crippen molar-refractivity contribution in [1.82, 2.24) is 9.97 Å². The van der Waals surface area contributed by atoms with Crippen LogP contribution >= 0.6 is 0 Å². The van der Waals surface area contributed by atoms with E-state index in [2.05, 4.69) is 9.97 Å². The van der Waals surface area contributed by atoms with Crippen LogP contribution in [0.4, 0.5) is 0 Å². The zero-order valence-electron chi connectivity index (χ0n) is 10.1. The quantitative estimate of drug-likeness (QED) is 0.751. The average molecular weight is 221 g/mol. The maximum Gasteiger partial charge on any atom is 0.254 e. The number of nitrogens with two attached hydrogens (primary N) is 1. The number of hydrogen-bond acceptors (Lipinski definition) is 3. The molecule has 0 saturated carbocycles. The lowest BCUT2D eigenvalue weighted by atomic mass is 9.87. The third-order valence-corrected chi connectivity index (χ3v) is 3.19. The standard InChI is InChI=1S/C12H19N3O/c1-12(2,3)9(13)10-14-8-6-4-5-7(8)11(16)15-10/h9H,4-6,13H2,1-3H3,(H,14,15,16). The van der Waals surface area contributed by atoms with Gasteiger partial charge < -0.3 is 10.7 Å². The Balaban J connectivity index is 2.45. The van der Waals surface area contributed by atoms with Gasteiger partial charge in [-0.3, -0.25) is 4.79 Å². The van der Waals surface area contributed by atoms with Gasteiger partial charge in [-0.2, -0.15) is 0 Å². The van der Waals surface area contributed by atoms with Crippen LogP contribution in [0.15, 0.2) is 4.79 Å². The van der Waals surface area contributed by atoms with E-state index in [9.17, 15) is 4.79 Å². The molecule has 2 rings (SSSR count). The molecule has 0 spiro atoms. The second-order valence-corrected chi connectivity index (χ2v) is 5.57. The highest BCUT2D eigenvalue weighted by molar-refractivity contribution is 5.23. The lowest BCUT2D eigenvalue weighted by Crippen LogP contribution is -2.31. The predicted molar refractivity (Wildman–Crippen MR) is 63.3 cm³/mol. The molecule has 0 fully saturated rings. The molecule has 1 aromatic rings. The van der Waals surface area contributed by atoms with Crippen molar-refractivity contribution in [2.75, 3.05) is 0 Å². The first-order chi connectivity index (χ1) is 7.39. The van der Waals surface area contributed by atoms with Crippen LogP contribution in [-0.2, 0) is 12.8 Å². The van der Waals surface area contributed by atoms with Crippen molar-refractivity contribution < 1.29 is 0 Å². The van der Waals surface area contributed by atoms with Crippen LogP contribution in [0.5, 0.6) is 0 Å². The summed E-state index contributed by atoms with van der Waals surface area (Å²) in [5, 5.41) is 0. The fourth-order valence-electron chi connectivity index (χ4n) is 2.02. The normalized spacial score (nSPS) is 17.2. The summed E-state index contributed by atoms with van der Waals surface area (Å²) < 4.78 is 0. The average Bonchev–Trinajstić information content (AvgIpc) is 2.63. The first kappa shape index (κ1) is 11.3. The number of aromatic amines is 1. The molecule has 1 unspecified atom stereocenters. The molecule has 0 saturated heterocycles. The summed E-state index contributed by atoms with van der Waals surface area (Å²) in [7, 11) is 0. The van der Waals surface area contributed by atoms with Crippen LogP contribution in [0.3, 0.4) is 0 Å². The SMILES string of the molecule is CC(C)(C)C(N)c1nc2c(c(=O)[nH]1)CCC2. The molecule has 1 aromatic heterocycles. The number of hydrogen-bond donors (Lipinski definition) is 2. The van der Waals surface area contributed by atoms with E-state index < -0.39 is 0 Å². The highest BCUT2D eigenvalue weighted by atomic mass is 16.1. The third-order valence-electron chi connectivity index (χ3n) is 3.19. The first-order valence-electron chi connectivity index (χ1n) is 5.77. The van der Waals surface area contributed by atoms with Crippen molar-refractivity contribution in [2.45, 2.75) is 46.1 Å². The van der Waals surface area contributed by atoms with Gasteiger partial charge in [-0.25, -0.2) is 4.98 Å². The Bertz CT molecular complexity index is 456. The highest BCUT2D eigenvalue weighted by Gasteiger charge is 2.26. The zero-order valence-corrected chi connectivity index (χ0v) is 10.1. The highest BCUT2D eigenvalue weighted by Crippen LogP contribution is 2.28. The summed E-state index contributed by atoms with van der Waals surface area (Å²) in [5.41, 5.74) is 7.80. The fourth-order valence-corrected chi connectivity index (χ4v) is 2.02. The molecule has 88 valence electrons. The van der Waals surface area contributed by atoms with Gasteiger partial charge in [-0.15, -0.1) is 0 Å². The fraction of sp³-hybridized carbons (Fsp3) is 0.667. The van der Waals surface area contributed by atoms with Crippen molar-refractivity contribution in [3.63, 3.8) is 0 Å². The number of aryl methyl sites for hydroxylation is 1. The Labute approximate surface area is 95.3 Å². The van der Waals surface area contributed by atoms with E-state index in [4.69, 9.17) is 5.73 Å². The number of fused-ring (bicyclic) bond motifs is 1. The molecular formula is C12H19N3O. The molecule has 0 aliphatic heterocycles. The van der Waals surface area contributed by atoms with Gasteiger partial charge in [0.05, 0.1) is 11.7 Å². The summed E-state index contributed by atoms with van der Waals surface area (Å²) in [6.07, 6.45) is 2.78. The number of aromatic nitrogens is 2. The lowest BCUT2D eigenvalue weighted by Gasteiger charge is -2.26. The van der Waals surface area contributed by atoms with Crippen LogP contribution < -0.4 is 11.3 Å². The summed E-state index contributed by atoms with van der Waals surface area (Å²) in [4.78, 5) is 19.1. The minimum Gasteiger partial charge on any atom is -0.321 e. The number of rotatable bonds is 1. The van der Waals surface area contributed by atoms with Crippen LogP contribution in [0.2, 0.25) is 0 Å². The zero-order chi connectivity index (χ0) is 11.9. The van der Waals surface area contributed by atoms with Gasteiger partial charge in [-0.05, 0) is 24.7 Å². The first-order valence-corrected chi connectivity index (χ1v) is 5.77. The van der Waals surface area contributed by atoms with Crippen molar-refractivity contribution >= 4 is 0 Å². The summed E-state index contributed by atoms with van der Waals surface area (Å²) in [6, 6.07) is -0.230. The maximum atomic E-state index is 11.8. The molecular weight excluding hydrogens is 202 g/mol. The molecule has 16 heavy (non-hydrogen) atoms. The van der Waals surface area contributed by atoms with Gasteiger partial charge >= 0.3 is 0 Å². The molecule has 4 heteroatoms. The largest absolute Gasteiger partial charge is 0.321 e. The van der Waals surface area contributed by atoms with E-state index in [1.807, 2.05) is 20.8 Å². The lowest BCUT2D eigenvalue weighted by molar-refractivity contribution is 0.314. The Hall–Kier alpha value is -1.16. The number of nitrogens with one attached hydrogen (secondary N) is 1. The Morgan fingerprint density at radius 1 is 1.38 bits per heavy atom. The minimum atomic E-state index is -0.230. The molecule has 0 radical (unpaired) electrons. The van der Waals surface area contributed by atoms with Gasteiger partial charge in [0.25, 0.3) is 5.56 Å². The van der Waals surface area contributed by atoms with Gasteiger partial charge in [0, 0.05) is 5.56 Å². The van der Waals surface area contributed by atoms with Crippen LogP contribution in [0.25, 0.3) is 0 Å². The molecule has 0 bridgehead atoms. The molecule has 0 aromatic carbocycles. The van der Waals surface area contributed by atoms with Crippen molar-refractivity contribution in [1.29, 1.82) is 0 Å². The second-order valence-electron chi connectivity index (χ2n) is 5.57. The van der Waals surface area contributed by atoms with Crippen molar-refractivity contribution in [3.8, 4) is 0 Å². The summed E-state index contributed by atoms with van der Waals surface area (Å²) >= 11 is 0. The molecule has 4 nitrogen and oxygen atoms in total. The molecule has 1 aliphatic rings. The number of nitrogens with zero attached hydrogens (tertiary/aromatic N) is 1. The van der Waals surface area contributed by atoms with E-state index in [-0.39, 0.29) is 17.0 Å². The van der Waals surface area contributed by atoms with Gasteiger partial charge in [0.1, 0.15) is 5.82 Å². The molecule has 1 atom stereocenters. The van der Waals surface area contributed by atoms with Crippen molar-refractivity contribution in [2.24, 2.45) is 11.1 Å². The van der Waals surface area contributed by atoms with E-state index in [1.54, 1.807) is 0 Å². The maximum absolute atomic E-state index is 11.8. The topological polar surface area (TPSA) is 71.8 Å². The van der Waals surface area contributed by atoms with Gasteiger partial charge in [0.2, 0.25) is 0 Å². The van der Waals surface area contributed by atoms with Crippen LogP contribution in [0, 0.1) is 5.41 Å². The Morgan fingerprint density at radius 3 is 2.69 bits per heavy atom. The van der Waals surface area contributed by atoms with E-state index >= 15 is 0 Å². The van der Waals surface area contributed by atoms with Crippen LogP contribution in [0.1, 0.15) is 50.3 Å². The van der Waals surface area contributed by atoms with E-state index in [0.29, 0.717) is 5.82 Å². The van der Waals surface area contributed by atoms with E-state index in [1.165, 1.54) is 0 Å². The van der Waals surface area contributed by atoms with Gasteiger partial charge in [0.15, 0.2) is 0 Å². The monoisotopic (exact) mass is 221 g/mol. The summed E-state index contributed by atoms with van der Waals surface area (Å²) in [6.45, 7) is 6.14. The van der Waals surface area contributed by atoms with E-state index in [0.717, 1.165) is 30.5 Å². The third kappa shape index (κ3) is 1.89. The van der Waals surface area contributed by atoms with Crippen molar-refractivity contribution in [3.05, 3.63) is 27.4 Å². The molecule has 3 N–H and O–H groups in total. The Kier molecular flexibility index (Phi) is 2.62. The summed E-state index contributed by atoms with van der Waals surface area (Å²) in [5.74, 6) is 0.623. The molecule has 1 aliphatic carbocycles. The molecule has 0 amide bonds. The van der Waals surface area contributed by atoms with Crippen LogP contribution in [-0.4, -0.2) is 9.97 Å². The smallest absolute Gasteiger partial charge is 0.254 e. The molecule has 1 heterocycles.